The summed E-state index contributed by atoms with van der Waals surface area (Å²) in [7, 11) is 1.57. The molecule has 0 spiro atoms. The minimum Gasteiger partial charge on any atom is -0.393 e. The number of likely N-dealkylation sites (N-methyl/N-ethyl adjacent to an activating group) is 1. The predicted molar refractivity (Wildman–Crippen MR) is 76.6 cm³/mol. The van der Waals surface area contributed by atoms with E-state index >= 15 is 0 Å². The molecule has 1 aliphatic rings. The molecule has 1 heterocycles. The van der Waals surface area contributed by atoms with Crippen molar-refractivity contribution < 1.29 is 14.5 Å². The first kappa shape index (κ1) is 15.2. The van der Waals surface area contributed by atoms with Gasteiger partial charge in [0.1, 0.15) is 11.7 Å². The van der Waals surface area contributed by atoms with E-state index in [0.29, 0.717) is 31.9 Å². The quantitative estimate of drug-likeness (QED) is 0.464. The zero-order chi connectivity index (χ0) is 15.4. The highest BCUT2D eigenvalue weighted by Crippen LogP contribution is 2.26. The Bertz CT molecular complexity index is 549. The van der Waals surface area contributed by atoms with Gasteiger partial charge in [-0.2, -0.15) is 0 Å². The van der Waals surface area contributed by atoms with Crippen molar-refractivity contribution in [3.05, 3.63) is 33.9 Å². The Kier molecular flexibility index (Phi) is 4.71. The summed E-state index contributed by atoms with van der Waals surface area (Å²) in [5, 5.41) is 13.5. The molecule has 3 N–H and O–H groups in total. The third-order valence-corrected chi connectivity index (χ3v) is 3.53. The maximum Gasteiger partial charge on any atom is 0.292 e. The number of para-hydroxylation sites is 1. The van der Waals surface area contributed by atoms with E-state index < -0.39 is 11.0 Å². The average Bonchev–Trinajstić information content (AvgIpc) is 2.49. The van der Waals surface area contributed by atoms with Gasteiger partial charge in [-0.15, -0.1) is 0 Å². The molecule has 114 valence electrons. The van der Waals surface area contributed by atoms with Crippen LogP contribution in [0.5, 0.6) is 0 Å². The number of nitrogen functional groups attached to an aromatic ring is 1. The van der Waals surface area contributed by atoms with E-state index in [1.807, 2.05) is 4.90 Å². The van der Waals surface area contributed by atoms with Crippen LogP contribution < -0.4 is 11.1 Å². The van der Waals surface area contributed by atoms with E-state index in [1.54, 1.807) is 19.2 Å². The summed E-state index contributed by atoms with van der Waals surface area (Å²) in [4.78, 5) is 24.2. The highest BCUT2D eigenvalue weighted by atomic mass is 16.6. The molecular weight excluding hydrogens is 276 g/mol. The zero-order valence-corrected chi connectivity index (χ0v) is 11.7. The zero-order valence-electron chi connectivity index (χ0n) is 11.7. The standard InChI is InChI=1S/C13H18N4O4/c1-15-13(18)11-8-21-6-5-16(11)7-9-3-2-4-10(12(9)14)17(19)20/h2-4,11H,5-8,14H2,1H3,(H,15,18). The van der Waals surface area contributed by atoms with Gasteiger partial charge >= 0.3 is 0 Å². The number of nitro benzene ring substituents is 1. The van der Waals surface area contributed by atoms with Gasteiger partial charge in [0.15, 0.2) is 0 Å². The number of anilines is 1. The molecule has 1 aliphatic heterocycles. The maximum atomic E-state index is 11.9. The number of morpholine rings is 1. The molecular formula is C13H18N4O4. The normalized spacial score (nSPS) is 19.2. The molecule has 0 bridgehead atoms. The Morgan fingerprint density at radius 2 is 2.38 bits per heavy atom. The molecule has 1 saturated heterocycles. The lowest BCUT2D eigenvalue weighted by atomic mass is 10.1. The second kappa shape index (κ2) is 6.51. The summed E-state index contributed by atoms with van der Waals surface area (Å²) in [6.07, 6.45) is 0. The van der Waals surface area contributed by atoms with Gasteiger partial charge in [-0.1, -0.05) is 12.1 Å². The summed E-state index contributed by atoms with van der Waals surface area (Å²) in [5.41, 5.74) is 6.52. The summed E-state index contributed by atoms with van der Waals surface area (Å²) in [6.45, 7) is 1.76. The van der Waals surface area contributed by atoms with Crippen LogP contribution in [0.25, 0.3) is 0 Å². The fourth-order valence-corrected chi connectivity index (χ4v) is 2.35. The Labute approximate surface area is 122 Å². The number of benzene rings is 1. The van der Waals surface area contributed by atoms with Crippen molar-refractivity contribution in [1.29, 1.82) is 0 Å². The molecule has 1 aromatic carbocycles. The number of rotatable bonds is 4. The molecule has 1 aromatic rings. The lowest BCUT2D eigenvalue weighted by Gasteiger charge is -2.34. The monoisotopic (exact) mass is 294 g/mol. The summed E-state index contributed by atoms with van der Waals surface area (Å²) < 4.78 is 5.32. The molecule has 1 unspecified atom stereocenters. The first-order valence-electron chi connectivity index (χ1n) is 6.59. The summed E-state index contributed by atoms with van der Waals surface area (Å²) >= 11 is 0. The van der Waals surface area contributed by atoms with Crippen molar-refractivity contribution in [1.82, 2.24) is 10.2 Å². The second-order valence-corrected chi connectivity index (χ2v) is 4.78. The number of nitrogens with zero attached hydrogens (tertiary/aromatic N) is 2. The van der Waals surface area contributed by atoms with Crippen LogP contribution in [0.15, 0.2) is 18.2 Å². The third-order valence-electron chi connectivity index (χ3n) is 3.53. The van der Waals surface area contributed by atoms with Gasteiger partial charge in [0.25, 0.3) is 5.69 Å². The maximum absolute atomic E-state index is 11.9. The molecule has 21 heavy (non-hydrogen) atoms. The molecule has 8 nitrogen and oxygen atoms in total. The number of carbonyl (C=O) groups is 1. The van der Waals surface area contributed by atoms with Crippen molar-refractivity contribution >= 4 is 17.3 Å². The number of hydrogen-bond donors (Lipinski definition) is 2. The van der Waals surface area contributed by atoms with Crippen LogP contribution in [-0.4, -0.2) is 48.6 Å². The number of nitrogens with two attached hydrogens (primary N) is 1. The van der Waals surface area contributed by atoms with E-state index in [2.05, 4.69) is 5.32 Å². The van der Waals surface area contributed by atoms with Gasteiger partial charge in [0.05, 0.1) is 18.1 Å². The van der Waals surface area contributed by atoms with Crippen LogP contribution in [0.3, 0.4) is 0 Å². The SMILES string of the molecule is CNC(=O)C1COCCN1Cc1cccc([N+](=O)[O-])c1N. The number of nitro groups is 1. The lowest BCUT2D eigenvalue weighted by Crippen LogP contribution is -2.52. The second-order valence-electron chi connectivity index (χ2n) is 4.78. The highest BCUT2D eigenvalue weighted by molar-refractivity contribution is 5.81. The molecule has 8 heteroatoms. The molecule has 0 aromatic heterocycles. The van der Waals surface area contributed by atoms with Gasteiger partial charge in [-0.25, -0.2) is 0 Å². The fraction of sp³-hybridized carbons (Fsp3) is 0.462. The van der Waals surface area contributed by atoms with Crippen LogP contribution in [0, 0.1) is 10.1 Å². The van der Waals surface area contributed by atoms with E-state index in [0.717, 1.165) is 0 Å². The smallest absolute Gasteiger partial charge is 0.292 e. The van der Waals surface area contributed by atoms with Crippen LogP contribution >= 0.6 is 0 Å². The van der Waals surface area contributed by atoms with Crippen LogP contribution in [-0.2, 0) is 16.1 Å². The van der Waals surface area contributed by atoms with E-state index in [-0.39, 0.29) is 17.3 Å². The van der Waals surface area contributed by atoms with Crippen LogP contribution in [0.1, 0.15) is 5.56 Å². The van der Waals surface area contributed by atoms with Crippen LogP contribution in [0.2, 0.25) is 0 Å². The average molecular weight is 294 g/mol. The van der Waals surface area contributed by atoms with Crippen molar-refractivity contribution in [2.45, 2.75) is 12.6 Å². The van der Waals surface area contributed by atoms with Gasteiger partial charge in [0, 0.05) is 26.2 Å². The first-order valence-corrected chi connectivity index (χ1v) is 6.59. The molecule has 0 radical (unpaired) electrons. The van der Waals surface area contributed by atoms with E-state index in [4.69, 9.17) is 10.5 Å². The largest absolute Gasteiger partial charge is 0.393 e. The number of hydrogen-bond acceptors (Lipinski definition) is 6. The number of ether oxygens (including phenoxy) is 1. The first-order chi connectivity index (χ1) is 10.0. The van der Waals surface area contributed by atoms with Gasteiger partial charge in [0.2, 0.25) is 5.91 Å². The highest BCUT2D eigenvalue weighted by Gasteiger charge is 2.29. The molecule has 1 fully saturated rings. The number of nitrogens with one attached hydrogen (secondary N) is 1. The topological polar surface area (TPSA) is 111 Å². The summed E-state index contributed by atoms with van der Waals surface area (Å²) in [5.74, 6) is -0.140. The Balaban J connectivity index is 2.21. The van der Waals surface area contributed by atoms with Crippen molar-refractivity contribution in [2.75, 3.05) is 32.5 Å². The lowest BCUT2D eigenvalue weighted by molar-refractivity contribution is -0.384. The Morgan fingerprint density at radius 1 is 1.62 bits per heavy atom. The minimum absolute atomic E-state index is 0.114. The summed E-state index contributed by atoms with van der Waals surface area (Å²) in [6, 6.07) is 4.29. The number of carbonyl (C=O) groups excluding carboxylic acids is 1. The molecule has 0 aliphatic carbocycles. The van der Waals surface area contributed by atoms with Crippen molar-refractivity contribution in [3.63, 3.8) is 0 Å². The predicted octanol–water partition coefficient (Wildman–Crippen LogP) is 0.124. The van der Waals surface area contributed by atoms with Crippen molar-refractivity contribution in [2.24, 2.45) is 0 Å². The van der Waals surface area contributed by atoms with E-state index in [1.165, 1.54) is 6.07 Å². The Morgan fingerprint density at radius 3 is 3.05 bits per heavy atom. The molecule has 1 amide bonds. The fourth-order valence-electron chi connectivity index (χ4n) is 2.35. The third kappa shape index (κ3) is 3.29. The van der Waals surface area contributed by atoms with Gasteiger partial charge in [-0.3, -0.25) is 19.8 Å². The minimum atomic E-state index is -0.506. The molecule has 0 saturated carbocycles. The van der Waals surface area contributed by atoms with E-state index in [9.17, 15) is 14.9 Å². The Hall–Kier alpha value is -2.19. The van der Waals surface area contributed by atoms with Gasteiger partial charge < -0.3 is 15.8 Å². The van der Waals surface area contributed by atoms with Crippen molar-refractivity contribution in [3.8, 4) is 0 Å². The molecule has 1 atom stereocenters. The molecule has 2 rings (SSSR count). The van der Waals surface area contributed by atoms with Gasteiger partial charge in [-0.05, 0) is 5.56 Å². The van der Waals surface area contributed by atoms with Crippen LogP contribution in [0.4, 0.5) is 11.4 Å². The number of amides is 1.